The van der Waals surface area contributed by atoms with Crippen LogP contribution >= 0.6 is 0 Å². The van der Waals surface area contributed by atoms with Crippen molar-refractivity contribution in [3.05, 3.63) is 21.8 Å². The van der Waals surface area contributed by atoms with Gasteiger partial charge in [-0.15, -0.1) is 0 Å². The molecule has 0 spiro atoms. The van der Waals surface area contributed by atoms with Crippen LogP contribution in [0.4, 0.5) is 4.79 Å². The fourth-order valence-electron chi connectivity index (χ4n) is 6.63. The summed E-state index contributed by atoms with van der Waals surface area (Å²) in [5.41, 5.74) is 6.91. The number of Topliss-reactive ketones (excluding diaryl/α,β-unsaturated/α-hetero) is 1. The third-order valence-electron chi connectivity index (χ3n) is 9.57. The number of rotatable bonds is 16. The minimum absolute atomic E-state index is 0.0749. The lowest BCUT2D eigenvalue weighted by atomic mass is 9.72. The summed E-state index contributed by atoms with van der Waals surface area (Å²) in [7, 11) is 1.61. The average molecular weight is 609 g/mol. The number of nitrogens with zero attached hydrogens (tertiary/aromatic N) is 4. The van der Waals surface area contributed by atoms with E-state index in [2.05, 4.69) is 10.0 Å². The number of amides is 1. The molecule has 0 aromatic heterocycles. The number of carbonyl (C=O) groups is 3. The Kier molecular flexibility index (Phi) is 12.1. The molecule has 8 atom stereocenters. The van der Waals surface area contributed by atoms with Crippen molar-refractivity contribution < 1.29 is 38.4 Å². The zero-order valence-corrected chi connectivity index (χ0v) is 27.8. The monoisotopic (exact) mass is 608 g/mol. The molecule has 0 radical (unpaired) electrons. The molecule has 2 heterocycles. The van der Waals surface area contributed by atoms with E-state index in [0.717, 1.165) is 0 Å². The van der Waals surface area contributed by atoms with Crippen LogP contribution in [0.2, 0.25) is 0 Å². The molecule has 0 aromatic carbocycles. The van der Waals surface area contributed by atoms with Crippen LogP contribution in [-0.2, 0) is 28.5 Å². The lowest BCUT2D eigenvalue weighted by Crippen LogP contribution is -2.56. The van der Waals surface area contributed by atoms with E-state index in [-0.39, 0.29) is 17.6 Å². The lowest BCUT2D eigenvalue weighted by Gasteiger charge is -2.43. The van der Waals surface area contributed by atoms with Gasteiger partial charge >= 0.3 is 12.1 Å². The van der Waals surface area contributed by atoms with E-state index in [9.17, 15) is 19.5 Å². The molecule has 12 nitrogen and oxygen atoms in total. The predicted molar refractivity (Wildman–Crippen MR) is 161 cm³/mol. The molecule has 2 aliphatic heterocycles. The molecule has 1 fully saturated rings. The number of aliphatic hydroxyl groups is 1. The minimum Gasteiger partial charge on any atom is -0.456 e. The smallest absolute Gasteiger partial charge is 0.410 e. The van der Waals surface area contributed by atoms with Crippen LogP contribution in [0, 0.1) is 23.7 Å². The van der Waals surface area contributed by atoms with Crippen molar-refractivity contribution >= 4 is 17.8 Å². The SMILES string of the molecule is CC[C@@H](O)[C@@]1(C)OC(=O)N(CCCCN=[N+]=[N-])[C@@H]1C(C)C(=O)[C@H](C)C[C@@](C)(OC)[C@H](C)[C@@H](C)C1=C(C)C(=O)OC(C)(C)O1. The predicted octanol–water partition coefficient (Wildman–Crippen LogP) is 5.92. The van der Waals surface area contributed by atoms with Gasteiger partial charge in [-0.1, -0.05) is 39.7 Å². The van der Waals surface area contributed by atoms with Gasteiger partial charge in [-0.2, -0.15) is 0 Å². The first-order chi connectivity index (χ1) is 19.9. The minimum atomic E-state index is -1.28. The van der Waals surface area contributed by atoms with Gasteiger partial charge in [0.1, 0.15) is 11.5 Å². The van der Waals surface area contributed by atoms with E-state index in [4.69, 9.17) is 24.5 Å². The molecule has 1 amide bonds. The first kappa shape index (κ1) is 36.4. The Morgan fingerprint density at radius 1 is 1.16 bits per heavy atom. The van der Waals surface area contributed by atoms with Crippen LogP contribution in [0.25, 0.3) is 10.4 Å². The molecular weight excluding hydrogens is 556 g/mol. The Morgan fingerprint density at radius 2 is 1.79 bits per heavy atom. The van der Waals surface area contributed by atoms with Crippen LogP contribution in [0.3, 0.4) is 0 Å². The van der Waals surface area contributed by atoms with Gasteiger partial charge in [0.15, 0.2) is 5.60 Å². The van der Waals surface area contributed by atoms with E-state index in [1.165, 1.54) is 0 Å². The molecule has 1 saturated heterocycles. The summed E-state index contributed by atoms with van der Waals surface area (Å²) in [6.07, 6.45) is 0.312. The Hall–Kier alpha value is -2.82. The number of hydrogen-bond acceptors (Lipinski definition) is 9. The highest BCUT2D eigenvalue weighted by molar-refractivity contribution is 5.89. The zero-order valence-electron chi connectivity index (χ0n) is 27.8. The van der Waals surface area contributed by atoms with Gasteiger partial charge in [0, 0.05) is 56.7 Å². The number of azide groups is 1. The summed E-state index contributed by atoms with van der Waals surface area (Å²) in [6.45, 7) is 18.7. The van der Waals surface area contributed by atoms with Crippen LogP contribution in [-0.4, -0.2) is 77.2 Å². The van der Waals surface area contributed by atoms with Crippen molar-refractivity contribution in [1.82, 2.24) is 4.90 Å². The summed E-state index contributed by atoms with van der Waals surface area (Å²) >= 11 is 0. The second kappa shape index (κ2) is 14.3. The molecule has 2 rings (SSSR count). The topological polar surface area (TPSA) is 160 Å². The van der Waals surface area contributed by atoms with Crippen molar-refractivity contribution in [3.8, 4) is 0 Å². The largest absolute Gasteiger partial charge is 0.456 e. The van der Waals surface area contributed by atoms with Gasteiger partial charge in [-0.05, 0) is 57.9 Å². The average Bonchev–Trinajstić information content (AvgIpc) is 3.21. The summed E-state index contributed by atoms with van der Waals surface area (Å²) in [4.78, 5) is 43.9. The van der Waals surface area contributed by atoms with Crippen LogP contribution in [0.15, 0.2) is 16.4 Å². The fraction of sp³-hybridized carbons (Fsp3) is 0.839. The number of ketones is 1. The summed E-state index contributed by atoms with van der Waals surface area (Å²) in [5.74, 6) is -2.54. The number of cyclic esters (lactones) is 2. The third-order valence-corrected chi connectivity index (χ3v) is 9.57. The maximum absolute atomic E-state index is 14.1. The Balaban J connectivity index is 2.31. The first-order valence-electron chi connectivity index (χ1n) is 15.3. The van der Waals surface area contributed by atoms with Gasteiger partial charge in [-0.25, -0.2) is 9.59 Å². The highest BCUT2D eigenvalue weighted by Crippen LogP contribution is 2.43. The molecule has 0 aliphatic carbocycles. The zero-order chi connectivity index (χ0) is 32.9. The molecule has 0 saturated carbocycles. The molecule has 244 valence electrons. The normalized spacial score (nSPS) is 26.7. The van der Waals surface area contributed by atoms with Crippen molar-refractivity contribution in [2.24, 2.45) is 28.8 Å². The number of methoxy groups -OCH3 is 1. The second-order valence-electron chi connectivity index (χ2n) is 13.0. The van der Waals surface area contributed by atoms with Crippen LogP contribution < -0.4 is 0 Å². The Morgan fingerprint density at radius 3 is 2.35 bits per heavy atom. The summed E-state index contributed by atoms with van der Waals surface area (Å²) in [5, 5.41) is 14.5. The van der Waals surface area contributed by atoms with Gasteiger partial charge in [-0.3, -0.25) is 4.79 Å². The molecule has 0 aromatic rings. The van der Waals surface area contributed by atoms with Gasteiger partial charge in [0.05, 0.1) is 23.3 Å². The van der Waals surface area contributed by atoms with Crippen molar-refractivity contribution in [2.45, 2.75) is 124 Å². The molecule has 1 N–H and O–H groups in total. The number of esters is 1. The number of unbranched alkanes of at least 4 members (excludes halogenated alkanes) is 1. The Bertz CT molecular complexity index is 1120. The molecular formula is C31H52N4O8. The number of aliphatic hydroxyl groups excluding tert-OH is 1. The van der Waals surface area contributed by atoms with E-state index < -0.39 is 53.0 Å². The summed E-state index contributed by atoms with van der Waals surface area (Å²) in [6, 6.07) is -0.689. The highest BCUT2D eigenvalue weighted by atomic mass is 16.7. The molecule has 43 heavy (non-hydrogen) atoms. The maximum atomic E-state index is 14.1. The molecule has 12 heteroatoms. The van der Waals surface area contributed by atoms with Crippen LogP contribution in [0.5, 0.6) is 0 Å². The first-order valence-corrected chi connectivity index (χ1v) is 15.3. The van der Waals surface area contributed by atoms with E-state index in [1.54, 1.807) is 53.6 Å². The number of carbonyl (C=O) groups excluding carboxylic acids is 3. The van der Waals surface area contributed by atoms with Gasteiger partial charge < -0.3 is 29.0 Å². The quantitative estimate of drug-likeness (QED) is 0.0743. The van der Waals surface area contributed by atoms with Gasteiger partial charge in [0.2, 0.25) is 5.79 Å². The highest BCUT2D eigenvalue weighted by Gasteiger charge is 2.58. The fourth-order valence-corrected chi connectivity index (χ4v) is 6.63. The standard InChI is InChI=1S/C31H52N4O8/c1-12-23(36)31(10)26(35(28(39)43-31)16-14-13-15-33-34-32)20(4)24(37)18(2)17-30(9,40-11)22(6)19(3)25-21(5)27(38)42-29(7,8)41-25/h18-20,22-23,26,36H,12-17H2,1-11H3/t18-,19-,20?,22-,23-,26-,30-,31-/m1/s1. The third kappa shape index (κ3) is 7.83. The maximum Gasteiger partial charge on any atom is 0.410 e. The second-order valence-corrected chi connectivity index (χ2v) is 13.0. The number of ether oxygens (including phenoxy) is 4. The summed E-state index contributed by atoms with van der Waals surface area (Å²) < 4.78 is 23.3. The van der Waals surface area contributed by atoms with Crippen molar-refractivity contribution in [1.29, 1.82) is 0 Å². The van der Waals surface area contributed by atoms with Crippen molar-refractivity contribution in [3.63, 3.8) is 0 Å². The molecule has 1 unspecified atom stereocenters. The number of hydrogen-bond donors (Lipinski definition) is 1. The van der Waals surface area contributed by atoms with E-state index in [0.29, 0.717) is 50.1 Å². The van der Waals surface area contributed by atoms with Crippen molar-refractivity contribution in [2.75, 3.05) is 20.2 Å². The molecule has 2 aliphatic rings. The molecule has 0 bridgehead atoms. The van der Waals surface area contributed by atoms with Gasteiger partial charge in [0.25, 0.3) is 0 Å². The number of allylic oxidation sites excluding steroid dienone is 1. The van der Waals surface area contributed by atoms with E-state index in [1.807, 2.05) is 27.7 Å². The Labute approximate surface area is 256 Å². The van der Waals surface area contributed by atoms with E-state index >= 15 is 0 Å². The van der Waals surface area contributed by atoms with Crippen LogP contribution in [0.1, 0.15) is 94.9 Å². The lowest BCUT2D eigenvalue weighted by molar-refractivity contribution is -0.213.